The van der Waals surface area contributed by atoms with E-state index in [1.54, 1.807) is 19.0 Å². The van der Waals surface area contributed by atoms with E-state index in [4.69, 9.17) is 0 Å². The summed E-state index contributed by atoms with van der Waals surface area (Å²) in [5.41, 5.74) is 0. The van der Waals surface area contributed by atoms with E-state index in [0.717, 1.165) is 39.3 Å². The molecule has 0 bridgehead atoms. The fourth-order valence-electron chi connectivity index (χ4n) is 2.27. The molecule has 0 aromatic heterocycles. The number of amides is 1. The lowest BCUT2D eigenvalue weighted by Crippen LogP contribution is -2.52. The van der Waals surface area contributed by atoms with Gasteiger partial charge in [-0.15, -0.1) is 0 Å². The van der Waals surface area contributed by atoms with E-state index in [9.17, 15) is 4.79 Å². The van der Waals surface area contributed by atoms with Crippen LogP contribution < -0.4 is 10.6 Å². The fourth-order valence-corrected chi connectivity index (χ4v) is 2.27. The van der Waals surface area contributed by atoms with Crippen LogP contribution in [0.25, 0.3) is 0 Å². The van der Waals surface area contributed by atoms with Crippen molar-refractivity contribution in [3.05, 3.63) is 0 Å². The molecule has 1 heterocycles. The Morgan fingerprint density at radius 2 is 1.86 bits per heavy atom. The minimum atomic E-state index is 0.00400. The zero-order valence-electron chi connectivity index (χ0n) is 14.7. The number of hydrogen-bond donors (Lipinski definition) is 2. The normalized spacial score (nSPS) is 18.9. The maximum absolute atomic E-state index is 11.6. The van der Waals surface area contributed by atoms with Crippen LogP contribution >= 0.6 is 0 Å². The van der Waals surface area contributed by atoms with E-state index >= 15 is 0 Å². The van der Waals surface area contributed by atoms with E-state index in [-0.39, 0.29) is 12.5 Å². The summed E-state index contributed by atoms with van der Waals surface area (Å²) in [5.74, 6) is 0.711. The van der Waals surface area contributed by atoms with Crippen molar-refractivity contribution in [3.63, 3.8) is 0 Å². The second kappa shape index (κ2) is 9.63. The van der Waals surface area contributed by atoms with Gasteiger partial charge >= 0.3 is 0 Å². The largest absolute Gasteiger partial charge is 0.357 e. The summed E-state index contributed by atoms with van der Waals surface area (Å²) < 4.78 is 0. The summed E-state index contributed by atoms with van der Waals surface area (Å²) in [6, 6.07) is 0.446. The summed E-state index contributed by atoms with van der Waals surface area (Å²) in [4.78, 5) is 22.4. The molecule has 1 rings (SSSR count). The average Bonchev–Trinajstić information content (AvgIpc) is 2.49. The van der Waals surface area contributed by atoms with Crippen LogP contribution in [0.4, 0.5) is 0 Å². The number of aliphatic imine (C=N–C) groups is 1. The maximum Gasteiger partial charge on any atom is 0.243 e. The van der Waals surface area contributed by atoms with E-state index in [2.05, 4.69) is 39.4 Å². The highest BCUT2D eigenvalue weighted by atomic mass is 16.2. The Labute approximate surface area is 134 Å². The van der Waals surface area contributed by atoms with Crippen molar-refractivity contribution in [2.75, 3.05) is 67.0 Å². The van der Waals surface area contributed by atoms with Gasteiger partial charge in [-0.1, -0.05) is 0 Å². The lowest BCUT2D eigenvalue weighted by molar-refractivity contribution is -0.127. The highest BCUT2D eigenvalue weighted by Gasteiger charge is 2.19. The molecule has 22 heavy (non-hydrogen) atoms. The molecule has 1 aliphatic heterocycles. The van der Waals surface area contributed by atoms with Gasteiger partial charge < -0.3 is 20.4 Å². The third-order valence-corrected chi connectivity index (χ3v) is 3.94. The number of nitrogens with one attached hydrogen (secondary N) is 2. The fraction of sp³-hybridized carbons (Fsp3) is 0.867. The van der Waals surface area contributed by atoms with Gasteiger partial charge in [0, 0.05) is 59.4 Å². The van der Waals surface area contributed by atoms with Gasteiger partial charge in [0.15, 0.2) is 5.96 Å². The molecule has 1 fully saturated rings. The number of carbonyl (C=O) groups excluding carboxylic acids is 1. The van der Waals surface area contributed by atoms with Gasteiger partial charge in [0.05, 0.1) is 0 Å². The standard InChI is InChI=1S/C15H32N6O/c1-6-16-15(18-12-14(22)19(3)4)17-11-13(2)21-9-7-20(5)8-10-21/h13H,6-12H2,1-5H3,(H2,16,17,18). The summed E-state index contributed by atoms with van der Waals surface area (Å²) in [6.45, 7) is 10.5. The Morgan fingerprint density at radius 3 is 2.41 bits per heavy atom. The van der Waals surface area contributed by atoms with Crippen molar-refractivity contribution in [1.82, 2.24) is 25.3 Å². The Bertz CT molecular complexity index is 363. The molecule has 7 heteroatoms. The van der Waals surface area contributed by atoms with Gasteiger partial charge in [0.25, 0.3) is 0 Å². The molecule has 128 valence electrons. The van der Waals surface area contributed by atoms with Crippen molar-refractivity contribution in [3.8, 4) is 0 Å². The Hall–Kier alpha value is -1.34. The van der Waals surface area contributed by atoms with Gasteiger partial charge in [-0.25, -0.2) is 4.99 Å². The van der Waals surface area contributed by atoms with Crippen LogP contribution in [0.5, 0.6) is 0 Å². The van der Waals surface area contributed by atoms with Crippen LogP contribution in [0.1, 0.15) is 13.8 Å². The SMILES string of the molecule is CCNC(=NCC(=O)N(C)C)NCC(C)N1CCN(C)CC1. The minimum Gasteiger partial charge on any atom is -0.357 e. The van der Waals surface area contributed by atoms with Gasteiger partial charge in [0.2, 0.25) is 5.91 Å². The average molecular weight is 312 g/mol. The number of rotatable bonds is 6. The van der Waals surface area contributed by atoms with E-state index < -0.39 is 0 Å². The quantitative estimate of drug-likeness (QED) is 0.500. The molecule has 2 N–H and O–H groups in total. The van der Waals surface area contributed by atoms with Crippen LogP contribution in [0.15, 0.2) is 4.99 Å². The number of piperazine rings is 1. The predicted molar refractivity (Wildman–Crippen MR) is 91.2 cm³/mol. The number of nitrogens with zero attached hydrogens (tertiary/aromatic N) is 4. The number of guanidine groups is 1. The number of carbonyl (C=O) groups is 1. The summed E-state index contributed by atoms with van der Waals surface area (Å²) >= 11 is 0. The van der Waals surface area contributed by atoms with E-state index in [0.29, 0.717) is 12.0 Å². The summed E-state index contributed by atoms with van der Waals surface area (Å²) in [7, 11) is 5.65. The molecule has 1 atom stereocenters. The van der Waals surface area contributed by atoms with Gasteiger partial charge in [-0.05, 0) is 20.9 Å². The highest BCUT2D eigenvalue weighted by Crippen LogP contribution is 2.03. The molecule has 1 unspecified atom stereocenters. The lowest BCUT2D eigenvalue weighted by atomic mass is 10.2. The van der Waals surface area contributed by atoms with Crippen LogP contribution in [-0.4, -0.2) is 99.6 Å². The molecule has 0 aliphatic carbocycles. The zero-order chi connectivity index (χ0) is 16.5. The highest BCUT2D eigenvalue weighted by molar-refractivity contribution is 5.84. The van der Waals surface area contributed by atoms with Gasteiger partial charge in [0.1, 0.15) is 6.54 Å². The minimum absolute atomic E-state index is 0.00400. The number of hydrogen-bond acceptors (Lipinski definition) is 4. The molecular weight excluding hydrogens is 280 g/mol. The second-order valence-corrected chi connectivity index (χ2v) is 6.05. The van der Waals surface area contributed by atoms with E-state index in [1.165, 1.54) is 0 Å². The molecule has 0 saturated carbocycles. The first kappa shape index (κ1) is 18.7. The van der Waals surface area contributed by atoms with Crippen LogP contribution in [-0.2, 0) is 4.79 Å². The molecule has 0 radical (unpaired) electrons. The zero-order valence-corrected chi connectivity index (χ0v) is 14.7. The van der Waals surface area contributed by atoms with Crippen LogP contribution in [0.3, 0.4) is 0 Å². The summed E-state index contributed by atoms with van der Waals surface area (Å²) in [6.07, 6.45) is 0. The van der Waals surface area contributed by atoms with E-state index in [1.807, 2.05) is 6.92 Å². The van der Waals surface area contributed by atoms with Gasteiger partial charge in [-0.2, -0.15) is 0 Å². The topological polar surface area (TPSA) is 63.2 Å². The molecular formula is C15H32N6O. The Kier molecular flexibility index (Phi) is 8.19. The van der Waals surface area contributed by atoms with Crippen molar-refractivity contribution in [1.29, 1.82) is 0 Å². The van der Waals surface area contributed by atoms with Crippen LogP contribution in [0.2, 0.25) is 0 Å². The molecule has 0 aromatic rings. The molecule has 0 spiro atoms. The first-order valence-corrected chi connectivity index (χ1v) is 8.09. The third kappa shape index (κ3) is 6.62. The lowest BCUT2D eigenvalue weighted by Gasteiger charge is -2.36. The molecule has 7 nitrogen and oxygen atoms in total. The van der Waals surface area contributed by atoms with Crippen molar-refractivity contribution in [2.24, 2.45) is 4.99 Å². The maximum atomic E-state index is 11.6. The Morgan fingerprint density at radius 1 is 1.23 bits per heavy atom. The van der Waals surface area contributed by atoms with Crippen LogP contribution in [0, 0.1) is 0 Å². The van der Waals surface area contributed by atoms with Gasteiger partial charge in [-0.3, -0.25) is 9.69 Å². The molecule has 1 amide bonds. The second-order valence-electron chi connectivity index (χ2n) is 6.05. The number of likely N-dealkylation sites (N-methyl/N-ethyl adjacent to an activating group) is 2. The van der Waals surface area contributed by atoms with Crippen molar-refractivity contribution in [2.45, 2.75) is 19.9 Å². The molecule has 1 aliphatic rings. The van der Waals surface area contributed by atoms with Crippen molar-refractivity contribution < 1.29 is 4.79 Å². The third-order valence-electron chi connectivity index (χ3n) is 3.94. The first-order chi connectivity index (χ1) is 10.4. The smallest absolute Gasteiger partial charge is 0.243 e. The van der Waals surface area contributed by atoms with Crippen molar-refractivity contribution >= 4 is 11.9 Å². The molecule has 0 aromatic carbocycles. The summed E-state index contributed by atoms with van der Waals surface area (Å²) in [5, 5.41) is 6.52. The Balaban J connectivity index is 2.42. The monoisotopic (exact) mass is 312 g/mol. The first-order valence-electron chi connectivity index (χ1n) is 8.09. The molecule has 1 saturated heterocycles. The predicted octanol–water partition coefficient (Wildman–Crippen LogP) is -0.734.